The summed E-state index contributed by atoms with van der Waals surface area (Å²) in [5, 5.41) is 2.82. The van der Waals surface area contributed by atoms with Crippen LogP contribution < -0.4 is 15.0 Å². The lowest BCUT2D eigenvalue weighted by Gasteiger charge is -2.17. The summed E-state index contributed by atoms with van der Waals surface area (Å²) in [6, 6.07) is 13.1. The molecule has 1 fully saturated rings. The summed E-state index contributed by atoms with van der Waals surface area (Å²) in [4.78, 5) is 25.8. The zero-order chi connectivity index (χ0) is 19.4. The van der Waals surface area contributed by atoms with Gasteiger partial charge in [-0.1, -0.05) is 26.0 Å². The van der Waals surface area contributed by atoms with Gasteiger partial charge in [-0.15, -0.1) is 0 Å². The maximum absolute atomic E-state index is 13.0. The van der Waals surface area contributed by atoms with Crippen molar-refractivity contribution < 1.29 is 18.7 Å². The molecule has 2 aromatic rings. The highest BCUT2D eigenvalue weighted by molar-refractivity contribution is 5.96. The predicted molar refractivity (Wildman–Crippen MR) is 101 cm³/mol. The van der Waals surface area contributed by atoms with Crippen molar-refractivity contribution in [2.75, 3.05) is 18.1 Å². The van der Waals surface area contributed by atoms with Crippen molar-refractivity contribution in [1.82, 2.24) is 5.32 Å². The second-order valence-electron chi connectivity index (χ2n) is 6.96. The molecule has 3 rings (SSSR count). The highest BCUT2D eigenvalue weighted by Crippen LogP contribution is 2.22. The lowest BCUT2D eigenvalue weighted by Crippen LogP contribution is -2.39. The molecule has 1 heterocycles. The maximum Gasteiger partial charge on any atom is 0.258 e. The molecule has 0 aromatic heterocycles. The average Bonchev–Trinajstić information content (AvgIpc) is 3.01. The molecule has 0 saturated carbocycles. The smallest absolute Gasteiger partial charge is 0.258 e. The van der Waals surface area contributed by atoms with E-state index in [1.807, 2.05) is 24.3 Å². The molecule has 1 saturated heterocycles. The fraction of sp³-hybridized carbons (Fsp3) is 0.333. The Morgan fingerprint density at radius 1 is 1.19 bits per heavy atom. The SMILES string of the molecule is CC(C)c1ccc(OCC(=O)N[C@@H]2CC(=O)N(c3ccc(F)cc3)C2)cc1. The van der Waals surface area contributed by atoms with Crippen molar-refractivity contribution in [3.8, 4) is 5.75 Å². The molecule has 0 unspecified atom stereocenters. The highest BCUT2D eigenvalue weighted by Gasteiger charge is 2.31. The van der Waals surface area contributed by atoms with Crippen molar-refractivity contribution in [3.05, 3.63) is 59.9 Å². The standard InChI is InChI=1S/C21H23FN2O3/c1-14(2)15-3-9-19(10-4-15)27-13-20(25)23-17-11-21(26)24(12-17)18-7-5-16(22)6-8-18/h3-10,14,17H,11-13H2,1-2H3,(H,23,25)/t17-/m1/s1. The molecule has 1 aliphatic heterocycles. The van der Waals surface area contributed by atoms with E-state index in [0.29, 0.717) is 23.9 Å². The third-order valence-corrected chi connectivity index (χ3v) is 4.55. The molecule has 1 atom stereocenters. The van der Waals surface area contributed by atoms with E-state index in [9.17, 15) is 14.0 Å². The molecule has 1 aliphatic rings. The van der Waals surface area contributed by atoms with Gasteiger partial charge in [0.2, 0.25) is 5.91 Å². The van der Waals surface area contributed by atoms with Crippen LogP contribution in [0.5, 0.6) is 5.75 Å². The molecule has 27 heavy (non-hydrogen) atoms. The van der Waals surface area contributed by atoms with Crippen LogP contribution in [-0.2, 0) is 9.59 Å². The van der Waals surface area contributed by atoms with E-state index in [4.69, 9.17) is 4.74 Å². The predicted octanol–water partition coefficient (Wildman–Crippen LogP) is 3.25. The van der Waals surface area contributed by atoms with E-state index in [0.717, 1.165) is 0 Å². The van der Waals surface area contributed by atoms with E-state index in [-0.39, 0.29) is 36.7 Å². The van der Waals surface area contributed by atoms with Crippen LogP contribution in [0, 0.1) is 5.82 Å². The minimum Gasteiger partial charge on any atom is -0.484 e. The summed E-state index contributed by atoms with van der Waals surface area (Å²) in [6.45, 7) is 4.48. The number of carbonyl (C=O) groups excluding carboxylic acids is 2. The Kier molecular flexibility index (Phi) is 5.74. The first-order valence-corrected chi connectivity index (χ1v) is 9.00. The monoisotopic (exact) mass is 370 g/mol. The largest absolute Gasteiger partial charge is 0.484 e. The number of nitrogens with one attached hydrogen (secondary N) is 1. The van der Waals surface area contributed by atoms with Crippen LogP contribution in [0.2, 0.25) is 0 Å². The second kappa shape index (κ2) is 8.20. The van der Waals surface area contributed by atoms with Gasteiger partial charge in [0.1, 0.15) is 11.6 Å². The van der Waals surface area contributed by atoms with Gasteiger partial charge in [-0.3, -0.25) is 9.59 Å². The van der Waals surface area contributed by atoms with Gasteiger partial charge in [-0.25, -0.2) is 4.39 Å². The lowest BCUT2D eigenvalue weighted by molar-refractivity contribution is -0.123. The van der Waals surface area contributed by atoms with Gasteiger partial charge < -0.3 is 15.0 Å². The second-order valence-corrected chi connectivity index (χ2v) is 6.96. The fourth-order valence-corrected chi connectivity index (χ4v) is 3.04. The number of hydrogen-bond donors (Lipinski definition) is 1. The van der Waals surface area contributed by atoms with E-state index in [2.05, 4.69) is 19.2 Å². The topological polar surface area (TPSA) is 58.6 Å². The number of rotatable bonds is 6. The van der Waals surface area contributed by atoms with Crippen molar-refractivity contribution in [3.63, 3.8) is 0 Å². The van der Waals surface area contributed by atoms with Crippen molar-refractivity contribution in [2.45, 2.75) is 32.2 Å². The third kappa shape index (κ3) is 4.84. The van der Waals surface area contributed by atoms with Crippen molar-refractivity contribution >= 4 is 17.5 Å². The average molecular weight is 370 g/mol. The molecular formula is C21H23FN2O3. The summed E-state index contributed by atoms with van der Waals surface area (Å²) in [6.07, 6.45) is 0.214. The van der Waals surface area contributed by atoms with Gasteiger partial charge in [-0.05, 0) is 47.9 Å². The van der Waals surface area contributed by atoms with Crippen LogP contribution >= 0.6 is 0 Å². The summed E-state index contributed by atoms with van der Waals surface area (Å²) >= 11 is 0. The Morgan fingerprint density at radius 3 is 2.48 bits per heavy atom. The molecule has 142 valence electrons. The molecule has 2 amide bonds. The van der Waals surface area contributed by atoms with Gasteiger partial charge in [0.05, 0.1) is 6.04 Å². The van der Waals surface area contributed by atoms with Gasteiger partial charge in [-0.2, -0.15) is 0 Å². The number of carbonyl (C=O) groups is 2. The minimum absolute atomic E-state index is 0.0999. The Labute approximate surface area is 158 Å². The number of nitrogens with zero attached hydrogens (tertiary/aromatic N) is 1. The molecule has 0 spiro atoms. The summed E-state index contributed by atoms with van der Waals surface area (Å²) in [5.41, 5.74) is 1.83. The molecule has 5 nitrogen and oxygen atoms in total. The van der Waals surface area contributed by atoms with Crippen LogP contribution in [0.25, 0.3) is 0 Å². The van der Waals surface area contributed by atoms with Crippen LogP contribution in [0.3, 0.4) is 0 Å². The number of anilines is 1. The van der Waals surface area contributed by atoms with E-state index >= 15 is 0 Å². The minimum atomic E-state index is -0.353. The molecule has 1 N–H and O–H groups in total. The van der Waals surface area contributed by atoms with Gasteiger partial charge >= 0.3 is 0 Å². The molecular weight excluding hydrogens is 347 g/mol. The lowest BCUT2D eigenvalue weighted by atomic mass is 10.0. The van der Waals surface area contributed by atoms with Crippen LogP contribution in [-0.4, -0.2) is 31.0 Å². The van der Waals surface area contributed by atoms with E-state index in [1.165, 1.54) is 17.7 Å². The van der Waals surface area contributed by atoms with Gasteiger partial charge in [0, 0.05) is 18.7 Å². The third-order valence-electron chi connectivity index (χ3n) is 4.55. The maximum atomic E-state index is 13.0. The highest BCUT2D eigenvalue weighted by atomic mass is 19.1. The first-order chi connectivity index (χ1) is 12.9. The summed E-state index contributed by atoms with van der Waals surface area (Å²) < 4.78 is 18.5. The number of ether oxygens (including phenoxy) is 1. The molecule has 0 radical (unpaired) electrons. The Bertz CT molecular complexity index is 803. The van der Waals surface area contributed by atoms with Gasteiger partial charge in [0.25, 0.3) is 5.91 Å². The summed E-state index contributed by atoms with van der Waals surface area (Å²) in [5.74, 6) is 0.337. The fourth-order valence-electron chi connectivity index (χ4n) is 3.04. The normalized spacial score (nSPS) is 16.7. The number of amides is 2. The zero-order valence-electron chi connectivity index (χ0n) is 15.4. The molecule has 0 bridgehead atoms. The molecule has 0 aliphatic carbocycles. The van der Waals surface area contributed by atoms with Crippen LogP contribution in [0.4, 0.5) is 10.1 Å². The number of halogens is 1. The van der Waals surface area contributed by atoms with Crippen molar-refractivity contribution in [2.24, 2.45) is 0 Å². The first-order valence-electron chi connectivity index (χ1n) is 9.00. The first kappa shape index (κ1) is 18.9. The number of benzene rings is 2. The number of hydrogen-bond acceptors (Lipinski definition) is 3. The van der Waals surface area contributed by atoms with Gasteiger partial charge in [0.15, 0.2) is 6.61 Å². The quantitative estimate of drug-likeness (QED) is 0.849. The Morgan fingerprint density at radius 2 is 1.85 bits per heavy atom. The summed E-state index contributed by atoms with van der Waals surface area (Å²) in [7, 11) is 0. The molecule has 6 heteroatoms. The van der Waals surface area contributed by atoms with Crippen molar-refractivity contribution in [1.29, 1.82) is 0 Å². The Hall–Kier alpha value is -2.89. The van der Waals surface area contributed by atoms with Crippen LogP contribution in [0.1, 0.15) is 31.7 Å². The van der Waals surface area contributed by atoms with Crippen LogP contribution in [0.15, 0.2) is 48.5 Å². The van der Waals surface area contributed by atoms with E-state index in [1.54, 1.807) is 17.0 Å². The Balaban J connectivity index is 1.49. The molecule has 2 aromatic carbocycles. The van der Waals surface area contributed by atoms with E-state index < -0.39 is 0 Å². The zero-order valence-corrected chi connectivity index (χ0v) is 15.4.